The molecule has 0 amide bonds. The number of benzene rings is 2. The minimum atomic E-state index is 0.796. The highest BCUT2D eigenvalue weighted by Crippen LogP contribution is 2.27. The lowest BCUT2D eigenvalue weighted by Gasteiger charge is -2.07. The fraction of sp³-hybridized carbons (Fsp3) is 0.409. The zero-order chi connectivity index (χ0) is 17.7. The molecular formula is C22H29NOS. The van der Waals surface area contributed by atoms with Gasteiger partial charge in [0.25, 0.3) is 0 Å². The lowest BCUT2D eigenvalue weighted by molar-refractivity contribution is 0.317. The van der Waals surface area contributed by atoms with Gasteiger partial charge in [0.05, 0.1) is 5.71 Å². The van der Waals surface area contributed by atoms with Crippen molar-refractivity contribution >= 4 is 17.5 Å². The van der Waals surface area contributed by atoms with E-state index < -0.39 is 0 Å². The normalized spacial score (nSPS) is 11.6. The molecule has 25 heavy (non-hydrogen) atoms. The molecule has 0 unspecified atom stereocenters. The first-order chi connectivity index (χ1) is 12.3. The molecule has 0 fully saturated rings. The predicted octanol–water partition coefficient (Wildman–Crippen LogP) is 7.16. The fourth-order valence-corrected chi connectivity index (χ4v) is 3.68. The van der Waals surface area contributed by atoms with Crippen LogP contribution in [0.5, 0.6) is 0 Å². The smallest absolute Gasteiger partial charge is 0.0867 e. The molecule has 0 atom stereocenters. The maximum Gasteiger partial charge on any atom is 0.0867 e. The van der Waals surface area contributed by atoms with Crippen LogP contribution in [0, 0.1) is 0 Å². The molecule has 0 saturated carbocycles. The van der Waals surface area contributed by atoms with Crippen molar-refractivity contribution in [3.8, 4) is 0 Å². The lowest BCUT2D eigenvalue weighted by Crippen LogP contribution is -2.01. The van der Waals surface area contributed by atoms with Gasteiger partial charge in [-0.1, -0.05) is 92.7 Å². The Bertz CT molecular complexity index is 622. The molecule has 2 nitrogen and oxygen atoms in total. The summed E-state index contributed by atoms with van der Waals surface area (Å²) in [6.07, 6.45) is 9.73. The minimum Gasteiger partial charge on any atom is -0.411 e. The van der Waals surface area contributed by atoms with Crippen LogP contribution in [0.1, 0.15) is 63.9 Å². The summed E-state index contributed by atoms with van der Waals surface area (Å²) in [6.45, 7) is 2.24. The van der Waals surface area contributed by atoms with E-state index in [4.69, 9.17) is 0 Å². The van der Waals surface area contributed by atoms with E-state index in [1.165, 1.54) is 48.3 Å². The van der Waals surface area contributed by atoms with Crippen LogP contribution in [0.4, 0.5) is 0 Å². The second kappa shape index (κ2) is 11.8. The highest BCUT2D eigenvalue weighted by molar-refractivity contribution is 7.99. The van der Waals surface area contributed by atoms with E-state index in [1.54, 1.807) is 11.8 Å². The van der Waals surface area contributed by atoms with Gasteiger partial charge in [0, 0.05) is 9.79 Å². The molecule has 0 aliphatic heterocycles. The van der Waals surface area contributed by atoms with Crippen LogP contribution >= 0.6 is 11.8 Å². The molecule has 2 aromatic carbocycles. The molecular weight excluding hydrogens is 326 g/mol. The van der Waals surface area contributed by atoms with Gasteiger partial charge in [-0.05, 0) is 42.7 Å². The first-order valence-corrected chi connectivity index (χ1v) is 10.2. The maximum absolute atomic E-state index is 9.34. The van der Waals surface area contributed by atoms with Crippen LogP contribution in [-0.4, -0.2) is 10.9 Å². The molecule has 0 aromatic heterocycles. The highest BCUT2D eigenvalue weighted by Gasteiger charge is 2.05. The topological polar surface area (TPSA) is 32.6 Å². The van der Waals surface area contributed by atoms with Crippen molar-refractivity contribution < 1.29 is 5.21 Å². The third kappa shape index (κ3) is 7.35. The molecule has 134 valence electrons. The number of unbranched alkanes of at least 4 members (excludes halogenated alkanes) is 6. The standard InChI is InChI=1S/C22H29NOS/c1-2-3-4-5-6-7-11-14-22(23-24)19-15-17-21(18-16-19)25-20-12-9-8-10-13-20/h8-10,12-13,15-18,24H,2-7,11,14H2,1H3. The van der Waals surface area contributed by atoms with E-state index in [1.807, 2.05) is 6.07 Å². The van der Waals surface area contributed by atoms with Gasteiger partial charge < -0.3 is 5.21 Å². The Morgan fingerprint density at radius 2 is 1.40 bits per heavy atom. The van der Waals surface area contributed by atoms with Gasteiger partial charge in [0.2, 0.25) is 0 Å². The Morgan fingerprint density at radius 1 is 0.800 bits per heavy atom. The number of hydrogen-bond acceptors (Lipinski definition) is 3. The van der Waals surface area contributed by atoms with E-state index in [-0.39, 0.29) is 0 Å². The SMILES string of the molecule is CCCCCCCCCC(=NO)c1ccc(Sc2ccccc2)cc1. The quantitative estimate of drug-likeness (QED) is 0.201. The number of nitrogens with zero attached hydrogens (tertiary/aromatic N) is 1. The Labute approximate surface area is 156 Å². The molecule has 0 spiro atoms. The molecule has 0 aliphatic carbocycles. The van der Waals surface area contributed by atoms with Crippen LogP contribution in [0.2, 0.25) is 0 Å². The fourth-order valence-electron chi connectivity index (χ4n) is 2.84. The monoisotopic (exact) mass is 355 g/mol. The predicted molar refractivity (Wildman–Crippen MR) is 108 cm³/mol. The van der Waals surface area contributed by atoms with Crippen LogP contribution < -0.4 is 0 Å². The number of hydrogen-bond donors (Lipinski definition) is 1. The molecule has 2 rings (SSSR count). The van der Waals surface area contributed by atoms with Crippen molar-refractivity contribution in [2.75, 3.05) is 0 Å². The van der Waals surface area contributed by atoms with Crippen molar-refractivity contribution in [3.05, 3.63) is 60.2 Å². The van der Waals surface area contributed by atoms with E-state index in [0.29, 0.717) is 0 Å². The van der Waals surface area contributed by atoms with Gasteiger partial charge in [-0.25, -0.2) is 0 Å². The van der Waals surface area contributed by atoms with Gasteiger partial charge in [-0.3, -0.25) is 0 Å². The summed E-state index contributed by atoms with van der Waals surface area (Å²) in [5.41, 5.74) is 1.82. The summed E-state index contributed by atoms with van der Waals surface area (Å²) < 4.78 is 0. The number of oxime groups is 1. The molecule has 2 aromatic rings. The van der Waals surface area contributed by atoms with E-state index >= 15 is 0 Å². The van der Waals surface area contributed by atoms with Gasteiger partial charge in [0.1, 0.15) is 0 Å². The van der Waals surface area contributed by atoms with Crippen molar-refractivity contribution in [1.82, 2.24) is 0 Å². The first-order valence-electron chi connectivity index (χ1n) is 9.37. The largest absolute Gasteiger partial charge is 0.411 e. The molecule has 1 N–H and O–H groups in total. The molecule has 0 bridgehead atoms. The van der Waals surface area contributed by atoms with E-state index in [2.05, 4.69) is 60.6 Å². The summed E-state index contributed by atoms with van der Waals surface area (Å²) in [5.74, 6) is 0. The third-order valence-corrected chi connectivity index (χ3v) is 5.32. The van der Waals surface area contributed by atoms with Crippen molar-refractivity contribution in [2.45, 2.75) is 68.1 Å². The zero-order valence-corrected chi connectivity index (χ0v) is 16.0. The lowest BCUT2D eigenvalue weighted by atomic mass is 10.0. The average Bonchev–Trinajstić information content (AvgIpc) is 2.66. The van der Waals surface area contributed by atoms with Crippen LogP contribution in [0.3, 0.4) is 0 Å². The summed E-state index contributed by atoms with van der Waals surface area (Å²) in [4.78, 5) is 2.43. The molecule has 0 aliphatic rings. The molecule has 0 heterocycles. The Hall–Kier alpha value is -1.74. The van der Waals surface area contributed by atoms with Gasteiger partial charge in [-0.2, -0.15) is 0 Å². The van der Waals surface area contributed by atoms with E-state index in [0.717, 1.165) is 24.1 Å². The first kappa shape index (κ1) is 19.6. The average molecular weight is 356 g/mol. The summed E-state index contributed by atoms with van der Waals surface area (Å²) in [7, 11) is 0. The van der Waals surface area contributed by atoms with Crippen LogP contribution in [-0.2, 0) is 0 Å². The van der Waals surface area contributed by atoms with Crippen molar-refractivity contribution in [1.29, 1.82) is 0 Å². The van der Waals surface area contributed by atoms with Crippen molar-refractivity contribution in [2.24, 2.45) is 5.16 Å². The Kier molecular flexibility index (Phi) is 9.21. The van der Waals surface area contributed by atoms with Gasteiger partial charge >= 0.3 is 0 Å². The minimum absolute atomic E-state index is 0.796. The number of rotatable bonds is 11. The third-order valence-electron chi connectivity index (χ3n) is 4.30. The molecule has 0 saturated heterocycles. The second-order valence-electron chi connectivity index (χ2n) is 6.36. The maximum atomic E-state index is 9.34. The summed E-state index contributed by atoms with van der Waals surface area (Å²) >= 11 is 1.74. The summed E-state index contributed by atoms with van der Waals surface area (Å²) in [6, 6.07) is 18.7. The van der Waals surface area contributed by atoms with Gasteiger partial charge in [0.15, 0.2) is 0 Å². The highest BCUT2D eigenvalue weighted by atomic mass is 32.2. The Morgan fingerprint density at radius 3 is 2.04 bits per heavy atom. The zero-order valence-electron chi connectivity index (χ0n) is 15.2. The molecule has 0 radical (unpaired) electrons. The Balaban J connectivity index is 1.78. The van der Waals surface area contributed by atoms with E-state index in [9.17, 15) is 5.21 Å². The second-order valence-corrected chi connectivity index (χ2v) is 7.50. The summed E-state index contributed by atoms with van der Waals surface area (Å²) in [5, 5.41) is 12.9. The van der Waals surface area contributed by atoms with Crippen LogP contribution in [0.25, 0.3) is 0 Å². The van der Waals surface area contributed by atoms with Crippen molar-refractivity contribution in [3.63, 3.8) is 0 Å². The molecule has 3 heteroatoms. The van der Waals surface area contributed by atoms with Crippen LogP contribution in [0.15, 0.2) is 69.5 Å². The van der Waals surface area contributed by atoms with Gasteiger partial charge in [-0.15, -0.1) is 0 Å².